The first kappa shape index (κ1) is 19.1. The summed E-state index contributed by atoms with van der Waals surface area (Å²) in [6.45, 7) is 1.89. The Hall–Kier alpha value is -2.24. The Balaban J connectivity index is 1.64. The van der Waals surface area contributed by atoms with Crippen molar-refractivity contribution in [1.82, 2.24) is 10.2 Å². The highest BCUT2D eigenvalue weighted by molar-refractivity contribution is 6.30. The number of halogens is 1. The Morgan fingerprint density at radius 3 is 2.36 bits per heavy atom. The fourth-order valence-electron chi connectivity index (χ4n) is 2.29. The topological polar surface area (TPSA) is 50.8 Å². The van der Waals surface area contributed by atoms with Crippen LogP contribution in [0.2, 0.25) is 5.02 Å². The Bertz CT molecular complexity index is 659. The van der Waals surface area contributed by atoms with Gasteiger partial charge in [-0.2, -0.15) is 0 Å². The predicted molar refractivity (Wildman–Crippen MR) is 99.3 cm³/mol. The third-order valence-electron chi connectivity index (χ3n) is 3.53. The number of nitrogens with zero attached hydrogens (tertiary/aromatic N) is 1. The molecular weight excluding hydrogens is 340 g/mol. The Kier molecular flexibility index (Phi) is 7.57. The van der Waals surface area contributed by atoms with Gasteiger partial charge in [-0.3, -0.25) is 9.69 Å². The van der Waals surface area contributed by atoms with Gasteiger partial charge in [-0.25, -0.2) is 0 Å². The minimum Gasteiger partial charge on any atom is -0.497 e. The molecule has 134 valence electrons. The van der Waals surface area contributed by atoms with Gasteiger partial charge < -0.3 is 14.8 Å². The summed E-state index contributed by atoms with van der Waals surface area (Å²) >= 11 is 5.81. The van der Waals surface area contributed by atoms with Gasteiger partial charge in [0, 0.05) is 11.6 Å². The van der Waals surface area contributed by atoms with Crippen LogP contribution in [0.1, 0.15) is 5.56 Å². The zero-order valence-corrected chi connectivity index (χ0v) is 15.3. The van der Waals surface area contributed by atoms with E-state index in [0.29, 0.717) is 31.3 Å². The number of rotatable bonds is 9. The summed E-state index contributed by atoms with van der Waals surface area (Å²) in [5.41, 5.74) is 1.13. The summed E-state index contributed by atoms with van der Waals surface area (Å²) < 4.78 is 10.7. The van der Waals surface area contributed by atoms with Crippen LogP contribution in [0.3, 0.4) is 0 Å². The summed E-state index contributed by atoms with van der Waals surface area (Å²) in [6, 6.07) is 14.9. The quantitative estimate of drug-likeness (QED) is 0.697. The second kappa shape index (κ2) is 9.91. The number of carbonyl (C=O) groups is 1. The molecule has 1 amide bonds. The van der Waals surface area contributed by atoms with E-state index in [-0.39, 0.29) is 5.91 Å². The first-order valence-electron chi connectivity index (χ1n) is 8.03. The lowest BCUT2D eigenvalue weighted by atomic mass is 10.2. The molecule has 0 heterocycles. The summed E-state index contributed by atoms with van der Waals surface area (Å²) in [4.78, 5) is 13.9. The lowest BCUT2D eigenvalue weighted by molar-refractivity contribution is -0.122. The molecule has 6 heteroatoms. The summed E-state index contributed by atoms with van der Waals surface area (Å²) in [5, 5.41) is 3.51. The molecule has 0 aliphatic rings. The largest absolute Gasteiger partial charge is 0.497 e. The molecule has 0 spiro atoms. The van der Waals surface area contributed by atoms with Gasteiger partial charge in [0.25, 0.3) is 0 Å². The number of nitrogens with one attached hydrogen (secondary N) is 1. The molecule has 0 fully saturated rings. The van der Waals surface area contributed by atoms with E-state index in [1.165, 1.54) is 0 Å². The van der Waals surface area contributed by atoms with E-state index in [1.54, 1.807) is 31.4 Å². The van der Waals surface area contributed by atoms with Crippen molar-refractivity contribution in [2.45, 2.75) is 6.54 Å². The lowest BCUT2D eigenvalue weighted by Crippen LogP contribution is -2.36. The summed E-state index contributed by atoms with van der Waals surface area (Å²) in [7, 11) is 3.55. The van der Waals surface area contributed by atoms with Crippen LogP contribution in [-0.2, 0) is 11.3 Å². The number of amides is 1. The molecule has 1 N–H and O–H groups in total. The first-order valence-corrected chi connectivity index (χ1v) is 8.41. The van der Waals surface area contributed by atoms with Gasteiger partial charge in [-0.15, -0.1) is 0 Å². The maximum absolute atomic E-state index is 12.0. The number of hydrogen-bond donors (Lipinski definition) is 1. The van der Waals surface area contributed by atoms with Crippen LogP contribution >= 0.6 is 11.6 Å². The van der Waals surface area contributed by atoms with Crippen molar-refractivity contribution >= 4 is 17.5 Å². The van der Waals surface area contributed by atoms with Gasteiger partial charge in [0.2, 0.25) is 5.91 Å². The molecule has 0 atom stereocenters. The molecule has 25 heavy (non-hydrogen) atoms. The number of carbonyl (C=O) groups excluding carboxylic acids is 1. The molecule has 2 rings (SSSR count). The highest BCUT2D eigenvalue weighted by Gasteiger charge is 2.07. The van der Waals surface area contributed by atoms with Gasteiger partial charge in [-0.05, 0) is 49.0 Å². The van der Waals surface area contributed by atoms with Gasteiger partial charge in [0.1, 0.15) is 18.1 Å². The average Bonchev–Trinajstić information content (AvgIpc) is 2.61. The van der Waals surface area contributed by atoms with Crippen molar-refractivity contribution in [3.8, 4) is 11.5 Å². The van der Waals surface area contributed by atoms with Gasteiger partial charge in [0.15, 0.2) is 0 Å². The third-order valence-corrected chi connectivity index (χ3v) is 3.78. The Morgan fingerprint density at radius 1 is 1.08 bits per heavy atom. The molecule has 0 saturated carbocycles. The molecule has 0 radical (unpaired) electrons. The van der Waals surface area contributed by atoms with Crippen LogP contribution in [-0.4, -0.2) is 44.7 Å². The molecule has 5 nitrogen and oxygen atoms in total. The highest BCUT2D eigenvalue weighted by Crippen LogP contribution is 2.15. The second-order valence-electron chi connectivity index (χ2n) is 5.67. The Morgan fingerprint density at radius 2 is 1.72 bits per heavy atom. The van der Waals surface area contributed by atoms with E-state index in [9.17, 15) is 4.79 Å². The molecule has 0 aliphatic heterocycles. The first-order chi connectivity index (χ1) is 12.1. The number of ether oxygens (including phenoxy) is 2. The molecule has 0 bridgehead atoms. The maximum Gasteiger partial charge on any atom is 0.234 e. The minimum absolute atomic E-state index is 0.0317. The molecule has 2 aromatic carbocycles. The van der Waals surface area contributed by atoms with Crippen LogP contribution in [0.5, 0.6) is 11.5 Å². The maximum atomic E-state index is 12.0. The number of hydrogen-bond acceptors (Lipinski definition) is 4. The van der Waals surface area contributed by atoms with E-state index in [2.05, 4.69) is 5.32 Å². The van der Waals surface area contributed by atoms with Crippen LogP contribution in [0, 0.1) is 0 Å². The average molecular weight is 363 g/mol. The van der Waals surface area contributed by atoms with Crippen molar-refractivity contribution in [3.05, 3.63) is 59.1 Å². The SMILES string of the molecule is COc1ccc(CN(C)CC(=O)NCCOc2ccc(Cl)cc2)cc1. The number of methoxy groups -OCH3 is 1. The van der Waals surface area contributed by atoms with E-state index in [1.807, 2.05) is 36.2 Å². The highest BCUT2D eigenvalue weighted by atomic mass is 35.5. The molecule has 0 unspecified atom stereocenters. The van der Waals surface area contributed by atoms with E-state index in [4.69, 9.17) is 21.1 Å². The van der Waals surface area contributed by atoms with E-state index < -0.39 is 0 Å². The minimum atomic E-state index is -0.0317. The molecule has 0 aliphatic carbocycles. The summed E-state index contributed by atoms with van der Waals surface area (Å²) in [5.74, 6) is 1.52. The number of benzene rings is 2. The monoisotopic (exact) mass is 362 g/mol. The number of likely N-dealkylation sites (N-methyl/N-ethyl adjacent to an activating group) is 1. The fourth-order valence-corrected chi connectivity index (χ4v) is 2.42. The smallest absolute Gasteiger partial charge is 0.234 e. The van der Waals surface area contributed by atoms with E-state index >= 15 is 0 Å². The van der Waals surface area contributed by atoms with Crippen molar-refractivity contribution < 1.29 is 14.3 Å². The fraction of sp³-hybridized carbons (Fsp3) is 0.316. The predicted octanol–water partition coefficient (Wildman–Crippen LogP) is 2.98. The van der Waals surface area contributed by atoms with E-state index in [0.717, 1.165) is 17.1 Å². The van der Waals surface area contributed by atoms with Crippen molar-refractivity contribution in [1.29, 1.82) is 0 Å². The molecule has 0 saturated heterocycles. The van der Waals surface area contributed by atoms with Crippen molar-refractivity contribution in [2.75, 3.05) is 33.9 Å². The van der Waals surface area contributed by atoms with Crippen LogP contribution < -0.4 is 14.8 Å². The van der Waals surface area contributed by atoms with Crippen LogP contribution in [0.25, 0.3) is 0 Å². The Labute approximate surface area is 153 Å². The zero-order valence-electron chi connectivity index (χ0n) is 14.5. The molecular formula is C19H23ClN2O3. The van der Waals surface area contributed by atoms with Gasteiger partial charge in [0.05, 0.1) is 20.2 Å². The van der Waals surface area contributed by atoms with Crippen molar-refractivity contribution in [3.63, 3.8) is 0 Å². The summed E-state index contributed by atoms with van der Waals surface area (Å²) in [6.07, 6.45) is 0. The van der Waals surface area contributed by atoms with Crippen LogP contribution in [0.4, 0.5) is 0 Å². The normalized spacial score (nSPS) is 10.6. The second-order valence-corrected chi connectivity index (χ2v) is 6.11. The lowest BCUT2D eigenvalue weighted by Gasteiger charge is -2.16. The van der Waals surface area contributed by atoms with Gasteiger partial charge >= 0.3 is 0 Å². The van der Waals surface area contributed by atoms with Crippen molar-refractivity contribution in [2.24, 2.45) is 0 Å². The third kappa shape index (κ3) is 7.03. The zero-order chi connectivity index (χ0) is 18.1. The standard InChI is InChI=1S/C19H23ClN2O3/c1-22(13-15-3-7-17(24-2)8-4-15)14-19(23)21-11-12-25-18-9-5-16(20)6-10-18/h3-10H,11-14H2,1-2H3,(H,21,23). The molecule has 2 aromatic rings. The van der Waals surface area contributed by atoms with Gasteiger partial charge in [-0.1, -0.05) is 23.7 Å². The molecule has 0 aromatic heterocycles. The van der Waals surface area contributed by atoms with Crippen LogP contribution in [0.15, 0.2) is 48.5 Å².